The number of ether oxygens (including phenoxy) is 1. The molecule has 2 aromatic carbocycles. The number of hydrogen-bond acceptors (Lipinski definition) is 4. The van der Waals surface area contributed by atoms with Crippen molar-refractivity contribution in [3.8, 4) is 11.1 Å². The Bertz CT molecular complexity index is 1220. The van der Waals surface area contributed by atoms with E-state index in [2.05, 4.69) is 29.4 Å². The van der Waals surface area contributed by atoms with E-state index in [1.54, 1.807) is 4.90 Å². The van der Waals surface area contributed by atoms with Crippen LogP contribution < -0.4 is 0 Å². The quantitative estimate of drug-likeness (QED) is 0.651. The molecule has 7 heteroatoms. The Kier molecular flexibility index (Phi) is 4.71. The summed E-state index contributed by atoms with van der Waals surface area (Å²) in [4.78, 5) is 26.5. The number of carbonyl (C=O) groups excluding carboxylic acids is 1. The molecule has 168 valence electrons. The second-order valence-electron chi connectivity index (χ2n) is 9.07. The maximum absolute atomic E-state index is 12.9. The Hall–Kier alpha value is -3.61. The summed E-state index contributed by atoms with van der Waals surface area (Å²) in [7, 11) is 0. The van der Waals surface area contributed by atoms with Gasteiger partial charge in [0.25, 0.3) is 0 Å². The van der Waals surface area contributed by atoms with Crippen LogP contribution in [0.2, 0.25) is 0 Å². The maximum Gasteiger partial charge on any atom is 0.409 e. The molecule has 3 heterocycles. The summed E-state index contributed by atoms with van der Waals surface area (Å²) in [5.41, 5.74) is 6.54. The number of aromatic carboxylic acids is 1. The van der Waals surface area contributed by atoms with Gasteiger partial charge in [0.15, 0.2) is 0 Å². The molecule has 1 saturated heterocycles. The molecule has 1 amide bonds. The zero-order chi connectivity index (χ0) is 22.5. The van der Waals surface area contributed by atoms with Crippen LogP contribution in [-0.2, 0) is 17.7 Å². The average molecular weight is 444 g/mol. The van der Waals surface area contributed by atoms with E-state index < -0.39 is 5.97 Å². The highest BCUT2D eigenvalue weighted by atomic mass is 16.6. The molecule has 3 aliphatic rings. The number of rotatable bonds is 4. The zero-order valence-corrected chi connectivity index (χ0v) is 18.2. The van der Waals surface area contributed by atoms with Gasteiger partial charge >= 0.3 is 12.1 Å². The van der Waals surface area contributed by atoms with Gasteiger partial charge in [-0.15, -0.1) is 0 Å². The lowest BCUT2D eigenvalue weighted by molar-refractivity contribution is 0.0694. The number of carboxylic acid groups (broad SMARTS) is 1. The highest BCUT2D eigenvalue weighted by molar-refractivity contribution is 5.90. The van der Waals surface area contributed by atoms with Crippen molar-refractivity contribution < 1.29 is 19.4 Å². The van der Waals surface area contributed by atoms with Gasteiger partial charge in [0.05, 0.1) is 11.4 Å². The normalized spacial score (nSPS) is 18.8. The minimum absolute atomic E-state index is 0.0227. The van der Waals surface area contributed by atoms with E-state index >= 15 is 0 Å². The number of benzene rings is 2. The first-order valence-corrected chi connectivity index (χ1v) is 11.5. The molecule has 1 atom stereocenters. The van der Waals surface area contributed by atoms with Crippen LogP contribution in [0.3, 0.4) is 0 Å². The molecule has 1 fully saturated rings. The van der Waals surface area contributed by atoms with Crippen LogP contribution in [0, 0.1) is 0 Å². The van der Waals surface area contributed by atoms with Crippen molar-refractivity contribution >= 4 is 12.1 Å². The average Bonchev–Trinajstić information content (AvgIpc) is 3.59. The van der Waals surface area contributed by atoms with Crippen molar-refractivity contribution in [1.29, 1.82) is 0 Å². The van der Waals surface area contributed by atoms with Crippen LogP contribution >= 0.6 is 0 Å². The first-order valence-electron chi connectivity index (χ1n) is 11.5. The van der Waals surface area contributed by atoms with Crippen LogP contribution in [0.15, 0.2) is 48.5 Å². The predicted octanol–water partition coefficient (Wildman–Crippen LogP) is 4.27. The Morgan fingerprint density at radius 3 is 2.42 bits per heavy atom. The SMILES string of the molecule is O=C(O)c1c(C2CCN(C(=O)OCC3c4ccccc4-c4ccccc43)C2)nn2c1CCC2. The highest BCUT2D eigenvalue weighted by Crippen LogP contribution is 2.44. The van der Waals surface area contributed by atoms with Crippen LogP contribution in [-0.4, -0.2) is 51.5 Å². The third kappa shape index (κ3) is 3.22. The Morgan fingerprint density at radius 2 is 1.73 bits per heavy atom. The number of hydrogen-bond donors (Lipinski definition) is 1. The first-order chi connectivity index (χ1) is 16.1. The summed E-state index contributed by atoms with van der Waals surface area (Å²) in [6.45, 7) is 2.03. The third-order valence-corrected chi connectivity index (χ3v) is 7.25. The first kappa shape index (κ1) is 20.0. The molecule has 0 spiro atoms. The number of carbonyl (C=O) groups is 2. The zero-order valence-electron chi connectivity index (χ0n) is 18.2. The van der Waals surface area contributed by atoms with Crippen molar-refractivity contribution in [2.24, 2.45) is 0 Å². The van der Waals surface area contributed by atoms with Crippen molar-refractivity contribution in [1.82, 2.24) is 14.7 Å². The lowest BCUT2D eigenvalue weighted by Gasteiger charge is -2.19. The molecule has 1 aliphatic carbocycles. The van der Waals surface area contributed by atoms with Crippen LogP contribution in [0.5, 0.6) is 0 Å². The number of carboxylic acids is 1. The largest absolute Gasteiger partial charge is 0.478 e. The number of fused-ring (bicyclic) bond motifs is 4. The van der Waals surface area contributed by atoms with E-state index in [-0.39, 0.29) is 24.5 Å². The second kappa shape index (κ2) is 7.76. The summed E-state index contributed by atoms with van der Waals surface area (Å²) in [6, 6.07) is 16.5. The fraction of sp³-hybridized carbons (Fsp3) is 0.346. The number of nitrogens with zero attached hydrogens (tertiary/aromatic N) is 3. The molecule has 33 heavy (non-hydrogen) atoms. The second-order valence-corrected chi connectivity index (χ2v) is 9.07. The van der Waals surface area contributed by atoms with E-state index in [1.165, 1.54) is 22.3 Å². The van der Waals surface area contributed by atoms with E-state index in [0.29, 0.717) is 30.8 Å². The molecule has 0 bridgehead atoms. The van der Waals surface area contributed by atoms with Crippen molar-refractivity contribution in [2.45, 2.75) is 37.6 Å². The number of likely N-dealkylation sites (tertiary alicyclic amines) is 1. The van der Waals surface area contributed by atoms with Gasteiger partial charge in [-0.3, -0.25) is 4.68 Å². The molecule has 1 unspecified atom stereocenters. The standard InChI is InChI=1S/C26H25N3O4/c30-25(31)23-22-10-5-12-29(22)27-24(23)16-11-13-28(14-16)26(32)33-15-21-19-8-3-1-6-17(19)18-7-2-4-9-20(18)21/h1-4,6-9,16,21H,5,10-15H2,(H,30,31). The summed E-state index contributed by atoms with van der Waals surface area (Å²) in [5.74, 6) is -0.975. The predicted molar refractivity (Wildman–Crippen MR) is 122 cm³/mol. The third-order valence-electron chi connectivity index (χ3n) is 7.25. The van der Waals surface area contributed by atoms with E-state index in [0.717, 1.165) is 25.1 Å². The van der Waals surface area contributed by atoms with Gasteiger partial charge < -0.3 is 14.7 Å². The number of amides is 1. The minimum Gasteiger partial charge on any atom is -0.478 e. The van der Waals surface area contributed by atoms with Gasteiger partial charge in [0.1, 0.15) is 12.2 Å². The molecule has 6 rings (SSSR count). The molecular weight excluding hydrogens is 418 g/mol. The van der Waals surface area contributed by atoms with Gasteiger partial charge in [-0.05, 0) is 41.5 Å². The van der Waals surface area contributed by atoms with Gasteiger partial charge in [0.2, 0.25) is 0 Å². The van der Waals surface area contributed by atoms with Crippen LogP contribution in [0.1, 0.15) is 57.6 Å². The Labute approximate surface area is 191 Å². The Balaban J connectivity index is 1.16. The van der Waals surface area contributed by atoms with Crippen LogP contribution in [0.25, 0.3) is 11.1 Å². The highest BCUT2D eigenvalue weighted by Gasteiger charge is 2.36. The monoisotopic (exact) mass is 443 g/mol. The number of aryl methyl sites for hydroxylation is 1. The van der Waals surface area contributed by atoms with Gasteiger partial charge in [0, 0.05) is 31.5 Å². The number of aromatic nitrogens is 2. The molecule has 7 nitrogen and oxygen atoms in total. The Morgan fingerprint density at radius 1 is 1.03 bits per heavy atom. The maximum atomic E-state index is 12.9. The smallest absolute Gasteiger partial charge is 0.409 e. The molecule has 1 aromatic heterocycles. The topological polar surface area (TPSA) is 84.7 Å². The lowest BCUT2D eigenvalue weighted by Crippen LogP contribution is -2.30. The fourth-order valence-corrected chi connectivity index (χ4v) is 5.71. The molecular formula is C26H25N3O4. The van der Waals surface area contributed by atoms with Gasteiger partial charge in [-0.1, -0.05) is 48.5 Å². The van der Waals surface area contributed by atoms with E-state index in [1.807, 2.05) is 28.9 Å². The summed E-state index contributed by atoms with van der Waals surface area (Å²) < 4.78 is 7.62. The summed E-state index contributed by atoms with van der Waals surface area (Å²) in [6.07, 6.45) is 2.03. The fourth-order valence-electron chi connectivity index (χ4n) is 5.71. The molecule has 0 radical (unpaired) electrons. The molecule has 0 saturated carbocycles. The van der Waals surface area contributed by atoms with Crippen molar-refractivity contribution in [2.75, 3.05) is 19.7 Å². The van der Waals surface area contributed by atoms with Crippen molar-refractivity contribution in [3.63, 3.8) is 0 Å². The summed E-state index contributed by atoms with van der Waals surface area (Å²) >= 11 is 0. The molecule has 1 N–H and O–H groups in total. The van der Waals surface area contributed by atoms with E-state index in [9.17, 15) is 14.7 Å². The summed E-state index contributed by atoms with van der Waals surface area (Å²) in [5, 5.41) is 14.4. The van der Waals surface area contributed by atoms with Crippen LogP contribution in [0.4, 0.5) is 4.79 Å². The minimum atomic E-state index is -0.923. The molecule has 3 aromatic rings. The van der Waals surface area contributed by atoms with Gasteiger partial charge in [-0.2, -0.15) is 5.10 Å². The van der Waals surface area contributed by atoms with Crippen molar-refractivity contribution in [3.05, 3.63) is 76.6 Å². The lowest BCUT2D eigenvalue weighted by atomic mass is 9.98. The van der Waals surface area contributed by atoms with Gasteiger partial charge in [-0.25, -0.2) is 9.59 Å². The van der Waals surface area contributed by atoms with E-state index in [4.69, 9.17) is 4.74 Å². The molecule has 2 aliphatic heterocycles.